The Morgan fingerprint density at radius 2 is 1.60 bits per heavy atom. The van der Waals surface area contributed by atoms with Gasteiger partial charge >= 0.3 is 0 Å². The van der Waals surface area contributed by atoms with Crippen molar-refractivity contribution in [2.75, 3.05) is 10.6 Å². The molecular formula is C22H32Cl2N8O2S. The number of nitrogens with one attached hydrogen (secondary N) is 2. The van der Waals surface area contributed by atoms with Crippen LogP contribution in [-0.2, 0) is 10.0 Å². The summed E-state index contributed by atoms with van der Waals surface area (Å²) in [6, 6.07) is 7.22. The molecule has 2 fully saturated rings. The summed E-state index contributed by atoms with van der Waals surface area (Å²) in [5.74, 6) is 1.14. The monoisotopic (exact) mass is 542 g/mol. The summed E-state index contributed by atoms with van der Waals surface area (Å²) in [6.45, 7) is 0. The number of benzene rings is 1. The first-order valence-corrected chi connectivity index (χ1v) is 13.1. The van der Waals surface area contributed by atoms with E-state index in [1.165, 1.54) is 25.0 Å². The van der Waals surface area contributed by atoms with Gasteiger partial charge in [0, 0.05) is 23.8 Å². The maximum absolute atomic E-state index is 11.6. The molecule has 3 aromatic rings. The summed E-state index contributed by atoms with van der Waals surface area (Å²) in [4.78, 5) is 14.3. The number of hydrogen-bond acceptors (Lipinski definition) is 8. The normalized spacial score (nSPS) is 20.7. The number of halogens is 2. The van der Waals surface area contributed by atoms with E-state index in [1.807, 2.05) is 6.33 Å². The van der Waals surface area contributed by atoms with Crippen molar-refractivity contribution in [1.29, 1.82) is 0 Å². The average Bonchev–Trinajstić information content (AvgIpc) is 3.45. The second-order valence-electron chi connectivity index (χ2n) is 9.11. The van der Waals surface area contributed by atoms with Gasteiger partial charge in [0.05, 0.1) is 11.2 Å². The first-order valence-electron chi connectivity index (χ1n) is 11.5. The van der Waals surface area contributed by atoms with Crippen molar-refractivity contribution in [2.45, 2.75) is 74.4 Å². The topological polar surface area (TPSA) is 154 Å². The quantitative estimate of drug-likeness (QED) is 0.366. The smallest absolute Gasteiger partial charge is 0.238 e. The zero-order valence-electron chi connectivity index (χ0n) is 19.3. The average molecular weight is 544 g/mol. The van der Waals surface area contributed by atoms with Gasteiger partial charge in [-0.2, -0.15) is 9.97 Å². The fraction of sp³-hybridized carbons (Fsp3) is 0.500. The highest BCUT2D eigenvalue weighted by molar-refractivity contribution is 7.89. The minimum absolute atomic E-state index is 0. The molecule has 2 heterocycles. The number of hydrogen-bond donors (Lipinski definition) is 4. The van der Waals surface area contributed by atoms with Gasteiger partial charge in [0.15, 0.2) is 17.0 Å². The number of nitrogens with two attached hydrogens (primary N) is 2. The predicted molar refractivity (Wildman–Crippen MR) is 142 cm³/mol. The van der Waals surface area contributed by atoms with Crippen molar-refractivity contribution in [3.05, 3.63) is 30.6 Å². The van der Waals surface area contributed by atoms with E-state index in [4.69, 9.17) is 20.8 Å². The molecule has 192 valence electrons. The Morgan fingerprint density at radius 1 is 0.943 bits per heavy atom. The lowest BCUT2D eigenvalue weighted by molar-refractivity contribution is 0.410. The standard InChI is InChI=1S/C22H30N8O2S.2ClH/c23-14-5-7-16(8-6-14)27-22-28-20(26-15-9-11-18(12-10-15)33(24,31)32)19-21(29-22)30(13-25-19)17-3-1-2-4-17;;/h9-14,16-17H,1-8,23H2,(H2,24,31,32)(H2,26,27,28,29);2*1H/t14-,16-;;. The Labute approximate surface area is 217 Å². The maximum atomic E-state index is 11.6. The molecule has 10 nitrogen and oxygen atoms in total. The van der Waals surface area contributed by atoms with E-state index in [2.05, 4.69) is 20.2 Å². The molecule has 35 heavy (non-hydrogen) atoms. The fourth-order valence-electron chi connectivity index (χ4n) is 4.83. The van der Waals surface area contributed by atoms with Crippen molar-refractivity contribution in [3.8, 4) is 0 Å². The molecule has 2 aliphatic rings. The van der Waals surface area contributed by atoms with Crippen molar-refractivity contribution in [2.24, 2.45) is 10.9 Å². The van der Waals surface area contributed by atoms with Crippen LogP contribution in [0, 0.1) is 0 Å². The molecule has 2 saturated carbocycles. The molecule has 6 N–H and O–H groups in total. The van der Waals surface area contributed by atoms with Crippen LogP contribution in [0.1, 0.15) is 57.4 Å². The molecule has 0 amide bonds. The third-order valence-electron chi connectivity index (χ3n) is 6.69. The number of imidazole rings is 1. The second-order valence-corrected chi connectivity index (χ2v) is 10.7. The number of rotatable bonds is 6. The van der Waals surface area contributed by atoms with Gasteiger partial charge in [0.2, 0.25) is 16.0 Å². The Hall–Kier alpha value is -2.18. The van der Waals surface area contributed by atoms with Crippen molar-refractivity contribution in [1.82, 2.24) is 19.5 Å². The van der Waals surface area contributed by atoms with Crippen LogP contribution in [-0.4, -0.2) is 40.0 Å². The zero-order valence-corrected chi connectivity index (χ0v) is 21.7. The SMILES string of the molecule is Cl.Cl.NS(=O)(=O)c1ccc(Nc2nc(N[C@H]3CC[C@H](N)CC3)nc3c2ncn3C2CCCC2)cc1. The third-order valence-corrected chi connectivity index (χ3v) is 7.62. The summed E-state index contributed by atoms with van der Waals surface area (Å²) < 4.78 is 25.3. The number of primary sulfonamides is 1. The molecule has 0 aliphatic heterocycles. The van der Waals surface area contributed by atoms with Crippen molar-refractivity contribution >= 4 is 63.5 Å². The van der Waals surface area contributed by atoms with Crippen molar-refractivity contribution < 1.29 is 8.42 Å². The van der Waals surface area contributed by atoms with Crippen molar-refractivity contribution in [3.63, 3.8) is 0 Å². The minimum Gasteiger partial charge on any atom is -0.351 e. The van der Waals surface area contributed by atoms with Gasteiger partial charge < -0.3 is 20.9 Å². The lowest BCUT2D eigenvalue weighted by Crippen LogP contribution is -2.33. The zero-order chi connectivity index (χ0) is 23.0. The van der Waals surface area contributed by atoms with Crippen LogP contribution in [0.15, 0.2) is 35.5 Å². The van der Waals surface area contributed by atoms with E-state index in [0.717, 1.165) is 44.2 Å². The maximum Gasteiger partial charge on any atom is 0.238 e. The number of anilines is 3. The highest BCUT2D eigenvalue weighted by Crippen LogP contribution is 2.34. The highest BCUT2D eigenvalue weighted by atomic mass is 35.5. The molecule has 1 aromatic carbocycles. The molecule has 0 spiro atoms. The molecule has 5 rings (SSSR count). The van der Waals surface area contributed by atoms with Crippen LogP contribution in [0.2, 0.25) is 0 Å². The largest absolute Gasteiger partial charge is 0.351 e. The van der Waals surface area contributed by atoms with E-state index in [9.17, 15) is 8.42 Å². The molecule has 2 aliphatic carbocycles. The van der Waals surface area contributed by atoms with Crippen LogP contribution in [0.25, 0.3) is 11.2 Å². The Kier molecular flexibility index (Phi) is 8.81. The van der Waals surface area contributed by atoms with E-state index in [-0.39, 0.29) is 41.8 Å². The molecule has 2 aromatic heterocycles. The van der Waals surface area contributed by atoms with Gasteiger partial charge in [-0.25, -0.2) is 18.5 Å². The molecule has 0 bridgehead atoms. The third kappa shape index (κ3) is 6.15. The number of sulfonamides is 1. The lowest BCUT2D eigenvalue weighted by atomic mass is 9.92. The number of aromatic nitrogens is 4. The van der Waals surface area contributed by atoms with Gasteiger partial charge in [-0.15, -0.1) is 24.8 Å². The fourth-order valence-corrected chi connectivity index (χ4v) is 5.34. The summed E-state index contributed by atoms with van der Waals surface area (Å²) in [6.07, 6.45) is 10.5. The van der Waals surface area contributed by atoms with E-state index in [1.54, 1.807) is 12.1 Å². The summed E-state index contributed by atoms with van der Waals surface area (Å²) in [5, 5.41) is 12.0. The number of fused-ring (bicyclic) bond motifs is 1. The molecule has 0 saturated heterocycles. The highest BCUT2D eigenvalue weighted by Gasteiger charge is 2.24. The minimum atomic E-state index is -3.75. The van der Waals surface area contributed by atoms with E-state index in [0.29, 0.717) is 29.0 Å². The molecule has 0 atom stereocenters. The van der Waals surface area contributed by atoms with Crippen LogP contribution in [0.3, 0.4) is 0 Å². The Balaban J connectivity index is 0.00000171. The summed E-state index contributed by atoms with van der Waals surface area (Å²) in [7, 11) is -3.75. The first kappa shape index (κ1) is 27.4. The number of nitrogens with zero attached hydrogens (tertiary/aromatic N) is 4. The van der Waals surface area contributed by atoms with Gasteiger partial charge in [0.1, 0.15) is 0 Å². The molecule has 0 radical (unpaired) electrons. The van der Waals surface area contributed by atoms with E-state index < -0.39 is 10.0 Å². The van der Waals surface area contributed by atoms with Gasteiger partial charge in [0.25, 0.3) is 0 Å². The first-order chi connectivity index (χ1) is 15.9. The Morgan fingerprint density at radius 3 is 2.23 bits per heavy atom. The lowest BCUT2D eigenvalue weighted by Gasteiger charge is -2.27. The molecular weight excluding hydrogens is 511 g/mol. The molecule has 0 unspecified atom stereocenters. The van der Waals surface area contributed by atoms with Crippen LogP contribution in [0.4, 0.5) is 17.5 Å². The molecule has 13 heteroatoms. The van der Waals surface area contributed by atoms with Gasteiger partial charge in [-0.05, 0) is 62.8 Å². The summed E-state index contributed by atoms with van der Waals surface area (Å²) >= 11 is 0. The van der Waals surface area contributed by atoms with Crippen LogP contribution >= 0.6 is 24.8 Å². The van der Waals surface area contributed by atoms with Gasteiger partial charge in [-0.3, -0.25) is 0 Å². The van der Waals surface area contributed by atoms with E-state index >= 15 is 0 Å². The second kappa shape index (κ2) is 11.3. The van der Waals surface area contributed by atoms with Gasteiger partial charge in [-0.1, -0.05) is 12.8 Å². The predicted octanol–water partition coefficient (Wildman–Crippen LogP) is 3.86. The van der Waals surface area contributed by atoms with Crippen LogP contribution in [0.5, 0.6) is 0 Å². The van der Waals surface area contributed by atoms with Crippen LogP contribution < -0.4 is 21.5 Å². The summed E-state index contributed by atoms with van der Waals surface area (Å²) in [5.41, 5.74) is 8.24. The Bertz CT molecular complexity index is 1240.